The Labute approximate surface area is 107 Å². The molecule has 1 aliphatic heterocycles. The van der Waals surface area contributed by atoms with Crippen LogP contribution in [0.1, 0.15) is 5.56 Å². The highest BCUT2D eigenvalue weighted by molar-refractivity contribution is 5.72. The molecule has 3 nitrogen and oxygen atoms in total. The summed E-state index contributed by atoms with van der Waals surface area (Å²) in [6.45, 7) is 0.953. The van der Waals surface area contributed by atoms with Gasteiger partial charge in [0.15, 0.2) is 0 Å². The van der Waals surface area contributed by atoms with Gasteiger partial charge in [-0.25, -0.2) is 4.90 Å². The normalized spacial score (nSPS) is 17.9. The third kappa shape index (κ3) is 2.93. The maximum absolute atomic E-state index is 4.34. The van der Waals surface area contributed by atoms with Crippen molar-refractivity contribution < 1.29 is 21.9 Å². The lowest BCUT2D eigenvalue weighted by molar-refractivity contribution is -0.766. The number of benzene rings is 1. The Morgan fingerprint density at radius 1 is 1.19 bits per heavy atom. The summed E-state index contributed by atoms with van der Waals surface area (Å²) < 4.78 is 0. The van der Waals surface area contributed by atoms with Crippen molar-refractivity contribution in [3.05, 3.63) is 48.3 Å². The monoisotopic (exact) mass is 281 g/mol. The first-order valence-electron chi connectivity index (χ1n) is 5.09. The summed E-state index contributed by atoms with van der Waals surface area (Å²) in [5, 5.41) is 0. The van der Waals surface area contributed by atoms with Gasteiger partial charge in [-0.1, -0.05) is 30.3 Å². The van der Waals surface area contributed by atoms with Crippen molar-refractivity contribution in [2.75, 3.05) is 14.1 Å². The molecule has 0 amide bonds. The van der Waals surface area contributed by atoms with Crippen LogP contribution in [0.3, 0.4) is 0 Å². The lowest BCUT2D eigenvalue weighted by Gasteiger charge is -2.17. The van der Waals surface area contributed by atoms with Crippen molar-refractivity contribution in [3.8, 4) is 0 Å². The van der Waals surface area contributed by atoms with Crippen molar-refractivity contribution >= 4 is 5.96 Å². The molecule has 0 spiro atoms. The van der Waals surface area contributed by atoms with E-state index in [2.05, 4.69) is 40.4 Å². The van der Waals surface area contributed by atoms with E-state index in [1.165, 1.54) is 10.5 Å². The number of halogens is 1. The molecule has 0 radical (unpaired) electrons. The zero-order valence-electron chi connectivity index (χ0n) is 9.52. The quantitative estimate of drug-likeness (QED) is 0.635. The van der Waals surface area contributed by atoms with Crippen molar-refractivity contribution in [1.82, 2.24) is 4.90 Å². The minimum atomic E-state index is 0. The lowest BCUT2D eigenvalue weighted by atomic mass is 10.2. The summed E-state index contributed by atoms with van der Waals surface area (Å²) in [6, 6.07) is 10.5. The van der Waals surface area contributed by atoms with Gasteiger partial charge in [0, 0.05) is 19.7 Å². The van der Waals surface area contributed by atoms with Crippen LogP contribution in [0.5, 0.6) is 0 Å². The fraction of sp³-hybridized carbons (Fsp3) is 0.250. The molecule has 1 aromatic rings. The van der Waals surface area contributed by atoms with E-state index in [1.54, 1.807) is 0 Å². The predicted octanol–water partition coefficient (Wildman–Crippen LogP) is -2.52. The molecule has 0 aliphatic carbocycles. The van der Waals surface area contributed by atoms with Crippen LogP contribution < -0.4 is 21.9 Å². The largest absolute Gasteiger partial charge is 1.00 e. The predicted molar refractivity (Wildman–Crippen MR) is 61.4 cm³/mol. The van der Waals surface area contributed by atoms with E-state index in [0.717, 1.165) is 12.5 Å². The summed E-state index contributed by atoms with van der Waals surface area (Å²) in [5.41, 5.74) is 1.33. The SMILES string of the molecule is CN(C)C1=NC=C[NH+]1Cc1ccccc1.[Br-]. The van der Waals surface area contributed by atoms with E-state index >= 15 is 0 Å². The van der Waals surface area contributed by atoms with Gasteiger partial charge in [-0.3, -0.25) is 0 Å². The second-order valence-electron chi connectivity index (χ2n) is 3.85. The van der Waals surface area contributed by atoms with E-state index in [1.807, 2.05) is 26.4 Å². The smallest absolute Gasteiger partial charge is 0.307 e. The Hall–Kier alpha value is -1.13. The van der Waals surface area contributed by atoms with E-state index in [4.69, 9.17) is 0 Å². The number of hydrogen-bond acceptors (Lipinski definition) is 2. The molecule has 1 N–H and O–H groups in total. The molecule has 1 aromatic carbocycles. The van der Waals surface area contributed by atoms with Crippen molar-refractivity contribution in [3.63, 3.8) is 0 Å². The second kappa shape index (κ2) is 5.82. The lowest BCUT2D eigenvalue weighted by Crippen LogP contribution is -3.09. The Kier molecular flexibility index (Phi) is 4.71. The van der Waals surface area contributed by atoms with E-state index in [9.17, 15) is 0 Å². The first kappa shape index (κ1) is 12.9. The summed E-state index contributed by atoms with van der Waals surface area (Å²) in [6.07, 6.45) is 3.95. The van der Waals surface area contributed by atoms with Crippen LogP contribution in [0, 0.1) is 0 Å². The molecular formula is C12H16BrN3. The van der Waals surface area contributed by atoms with E-state index in [0.29, 0.717) is 0 Å². The molecule has 0 fully saturated rings. The fourth-order valence-corrected chi connectivity index (χ4v) is 1.71. The molecule has 0 saturated carbocycles. The van der Waals surface area contributed by atoms with Crippen molar-refractivity contribution in [2.24, 2.45) is 4.99 Å². The highest BCUT2D eigenvalue weighted by atomic mass is 79.9. The van der Waals surface area contributed by atoms with Crippen molar-refractivity contribution in [2.45, 2.75) is 6.54 Å². The van der Waals surface area contributed by atoms with E-state index < -0.39 is 0 Å². The van der Waals surface area contributed by atoms with Crippen LogP contribution in [0.25, 0.3) is 0 Å². The third-order valence-electron chi connectivity index (χ3n) is 2.42. The summed E-state index contributed by atoms with van der Waals surface area (Å²) >= 11 is 0. The average Bonchev–Trinajstić information content (AvgIpc) is 2.67. The van der Waals surface area contributed by atoms with Crippen LogP contribution in [-0.2, 0) is 6.54 Å². The molecule has 16 heavy (non-hydrogen) atoms. The molecule has 0 aromatic heterocycles. The Morgan fingerprint density at radius 2 is 1.88 bits per heavy atom. The number of aliphatic imine (C=N–C) groups is 1. The number of rotatable bonds is 2. The molecule has 1 unspecified atom stereocenters. The second-order valence-corrected chi connectivity index (χ2v) is 3.85. The fourth-order valence-electron chi connectivity index (χ4n) is 1.71. The number of guanidine groups is 1. The number of nitrogens with one attached hydrogen (secondary N) is 1. The maximum atomic E-state index is 4.34. The first-order chi connectivity index (χ1) is 7.27. The van der Waals surface area contributed by atoms with Gasteiger partial charge in [-0.05, 0) is 0 Å². The standard InChI is InChI=1S/C12H15N3.BrH/c1-14(2)12-13-8-9-15(12)10-11-6-4-3-5-7-11;/h3-9H,10H2,1-2H3;1H. The molecular weight excluding hydrogens is 266 g/mol. The Balaban J connectivity index is 0.00000128. The average molecular weight is 282 g/mol. The van der Waals surface area contributed by atoms with Gasteiger partial charge >= 0.3 is 5.96 Å². The van der Waals surface area contributed by atoms with Crippen LogP contribution >= 0.6 is 0 Å². The van der Waals surface area contributed by atoms with Gasteiger partial charge in [0.2, 0.25) is 0 Å². The molecule has 86 valence electrons. The minimum Gasteiger partial charge on any atom is -1.00 e. The van der Waals surface area contributed by atoms with Gasteiger partial charge in [0.25, 0.3) is 0 Å². The molecule has 1 heterocycles. The topological polar surface area (TPSA) is 20.0 Å². The Morgan fingerprint density at radius 3 is 2.50 bits per heavy atom. The van der Waals surface area contributed by atoms with Crippen LogP contribution in [-0.4, -0.2) is 25.0 Å². The first-order valence-corrected chi connectivity index (χ1v) is 5.09. The molecule has 2 rings (SSSR count). The summed E-state index contributed by atoms with van der Waals surface area (Å²) in [7, 11) is 4.05. The van der Waals surface area contributed by atoms with Gasteiger partial charge in [0.1, 0.15) is 12.7 Å². The van der Waals surface area contributed by atoms with Gasteiger partial charge in [0.05, 0.1) is 6.20 Å². The molecule has 0 saturated heterocycles. The van der Waals surface area contributed by atoms with Crippen LogP contribution in [0.15, 0.2) is 47.7 Å². The van der Waals surface area contributed by atoms with E-state index in [-0.39, 0.29) is 17.0 Å². The Bertz CT molecular complexity index is 385. The minimum absolute atomic E-state index is 0. The molecule has 1 atom stereocenters. The zero-order valence-corrected chi connectivity index (χ0v) is 11.1. The summed E-state index contributed by atoms with van der Waals surface area (Å²) in [5.74, 6) is 1.07. The highest BCUT2D eigenvalue weighted by Gasteiger charge is 2.20. The molecule has 1 aliphatic rings. The van der Waals surface area contributed by atoms with Gasteiger partial charge in [-0.2, -0.15) is 4.99 Å². The van der Waals surface area contributed by atoms with Gasteiger partial charge in [-0.15, -0.1) is 0 Å². The number of nitrogens with zero attached hydrogens (tertiary/aromatic N) is 2. The van der Waals surface area contributed by atoms with Crippen LogP contribution in [0.2, 0.25) is 0 Å². The van der Waals surface area contributed by atoms with Gasteiger partial charge < -0.3 is 21.9 Å². The molecule has 4 heteroatoms. The maximum Gasteiger partial charge on any atom is 0.307 e. The third-order valence-corrected chi connectivity index (χ3v) is 2.42. The van der Waals surface area contributed by atoms with Crippen LogP contribution in [0.4, 0.5) is 0 Å². The zero-order chi connectivity index (χ0) is 10.7. The highest BCUT2D eigenvalue weighted by Crippen LogP contribution is 1.96. The number of quaternary nitrogens is 1. The molecule has 0 bridgehead atoms. The summed E-state index contributed by atoms with van der Waals surface area (Å²) in [4.78, 5) is 7.68. The van der Waals surface area contributed by atoms with Crippen molar-refractivity contribution in [1.29, 1.82) is 0 Å². The number of hydrogen-bond donors (Lipinski definition) is 1.